The van der Waals surface area contributed by atoms with Gasteiger partial charge in [0.2, 0.25) is 0 Å². The number of benzene rings is 1. The molecular weight excluding hydrogens is 300 g/mol. The largest absolute Gasteiger partial charge is 0.504 e. The number of rotatable bonds is 11. The van der Waals surface area contributed by atoms with Crippen LogP contribution in [-0.2, 0) is 4.74 Å². The van der Waals surface area contributed by atoms with Crippen molar-refractivity contribution in [2.75, 3.05) is 13.2 Å². The zero-order valence-corrected chi connectivity index (χ0v) is 13.3. The molecule has 0 saturated carbocycles. The number of phenolic OH excluding ortho intramolecular Hbond substituents is 3. The van der Waals surface area contributed by atoms with Crippen molar-refractivity contribution in [3.63, 3.8) is 0 Å². The lowest BCUT2D eigenvalue weighted by atomic mass is 10.1. The van der Waals surface area contributed by atoms with Crippen LogP contribution in [0.2, 0.25) is 0 Å². The van der Waals surface area contributed by atoms with Crippen LogP contribution < -0.4 is 0 Å². The molecule has 0 unspecified atom stereocenters. The van der Waals surface area contributed by atoms with Crippen LogP contribution in [0, 0.1) is 0 Å². The number of unbranched alkanes of at least 4 members (excludes halogenated alkanes) is 7. The highest BCUT2D eigenvalue weighted by atomic mass is 16.5. The summed E-state index contributed by atoms with van der Waals surface area (Å²) < 4.78 is 5.07. The van der Waals surface area contributed by atoms with Gasteiger partial charge in [0.15, 0.2) is 17.2 Å². The number of carbonyl (C=O) groups is 1. The molecule has 23 heavy (non-hydrogen) atoms. The molecule has 0 spiro atoms. The molecule has 0 bridgehead atoms. The molecule has 0 amide bonds. The number of esters is 1. The molecule has 1 aromatic carbocycles. The van der Waals surface area contributed by atoms with Crippen molar-refractivity contribution in [1.29, 1.82) is 0 Å². The van der Waals surface area contributed by atoms with E-state index in [4.69, 9.17) is 9.84 Å². The third-order valence-corrected chi connectivity index (χ3v) is 3.59. The van der Waals surface area contributed by atoms with Gasteiger partial charge >= 0.3 is 5.97 Å². The van der Waals surface area contributed by atoms with E-state index in [0.29, 0.717) is 0 Å². The Bertz CT molecular complexity index is 463. The van der Waals surface area contributed by atoms with E-state index in [2.05, 4.69) is 0 Å². The first-order chi connectivity index (χ1) is 11.1. The molecule has 0 aliphatic carbocycles. The van der Waals surface area contributed by atoms with E-state index in [9.17, 15) is 20.1 Å². The van der Waals surface area contributed by atoms with E-state index >= 15 is 0 Å². The van der Waals surface area contributed by atoms with Gasteiger partial charge in [0.1, 0.15) is 0 Å². The minimum atomic E-state index is -0.652. The van der Waals surface area contributed by atoms with Crippen molar-refractivity contribution in [3.8, 4) is 17.2 Å². The topological polar surface area (TPSA) is 107 Å². The van der Waals surface area contributed by atoms with E-state index in [1.54, 1.807) is 0 Å². The fourth-order valence-corrected chi connectivity index (χ4v) is 2.24. The van der Waals surface area contributed by atoms with Gasteiger partial charge in [-0.3, -0.25) is 0 Å². The monoisotopic (exact) mass is 326 g/mol. The van der Waals surface area contributed by atoms with Crippen LogP contribution in [0.25, 0.3) is 0 Å². The van der Waals surface area contributed by atoms with Crippen LogP contribution in [0.15, 0.2) is 12.1 Å². The SMILES string of the molecule is O=C(OCCCCCCCCCCO)c1cc(O)c(O)c(O)c1. The predicted molar refractivity (Wildman–Crippen MR) is 85.7 cm³/mol. The number of carbonyl (C=O) groups excluding carboxylic acids is 1. The minimum absolute atomic E-state index is 0.00156. The highest BCUT2D eigenvalue weighted by molar-refractivity contribution is 5.91. The van der Waals surface area contributed by atoms with Crippen molar-refractivity contribution >= 4 is 5.97 Å². The van der Waals surface area contributed by atoms with Crippen LogP contribution in [0.4, 0.5) is 0 Å². The van der Waals surface area contributed by atoms with Gasteiger partial charge in [-0.25, -0.2) is 4.79 Å². The van der Waals surface area contributed by atoms with Crippen LogP contribution in [0.5, 0.6) is 17.2 Å². The Morgan fingerprint density at radius 2 is 1.30 bits per heavy atom. The number of aromatic hydroxyl groups is 3. The maximum absolute atomic E-state index is 11.7. The maximum Gasteiger partial charge on any atom is 0.338 e. The number of phenols is 3. The second kappa shape index (κ2) is 10.7. The molecule has 0 radical (unpaired) electrons. The summed E-state index contributed by atoms with van der Waals surface area (Å²) >= 11 is 0. The molecule has 1 aromatic rings. The van der Waals surface area contributed by atoms with Crippen molar-refractivity contribution in [2.24, 2.45) is 0 Å². The molecule has 0 saturated heterocycles. The van der Waals surface area contributed by atoms with Crippen molar-refractivity contribution in [1.82, 2.24) is 0 Å². The summed E-state index contributed by atoms with van der Waals surface area (Å²) in [7, 11) is 0. The van der Waals surface area contributed by atoms with Gasteiger partial charge in [0.25, 0.3) is 0 Å². The molecule has 130 valence electrons. The van der Waals surface area contributed by atoms with Crippen LogP contribution in [-0.4, -0.2) is 39.6 Å². The average molecular weight is 326 g/mol. The summed E-state index contributed by atoms with van der Waals surface area (Å²) in [5.41, 5.74) is 0.00156. The molecular formula is C17H26O6. The molecule has 6 nitrogen and oxygen atoms in total. The lowest BCUT2D eigenvalue weighted by molar-refractivity contribution is 0.0496. The summed E-state index contributed by atoms with van der Waals surface area (Å²) in [5.74, 6) is -2.41. The Labute approximate surface area is 136 Å². The van der Waals surface area contributed by atoms with Gasteiger partial charge in [0, 0.05) is 6.61 Å². The summed E-state index contributed by atoms with van der Waals surface area (Å²) in [6, 6.07) is 2.12. The van der Waals surface area contributed by atoms with E-state index in [1.165, 1.54) is 0 Å². The predicted octanol–water partition coefficient (Wildman–Crippen LogP) is 3.07. The van der Waals surface area contributed by atoms with Crippen molar-refractivity contribution in [2.45, 2.75) is 51.4 Å². The zero-order chi connectivity index (χ0) is 17.1. The number of aliphatic hydroxyl groups excluding tert-OH is 1. The van der Waals surface area contributed by atoms with Gasteiger partial charge in [-0.1, -0.05) is 38.5 Å². The molecule has 0 aliphatic rings. The van der Waals surface area contributed by atoms with Gasteiger partial charge in [-0.05, 0) is 25.0 Å². The number of hydrogen-bond donors (Lipinski definition) is 4. The van der Waals surface area contributed by atoms with E-state index in [-0.39, 0.29) is 18.8 Å². The molecule has 4 N–H and O–H groups in total. The third-order valence-electron chi connectivity index (χ3n) is 3.59. The highest BCUT2D eigenvalue weighted by Gasteiger charge is 2.14. The maximum atomic E-state index is 11.7. The molecule has 0 heterocycles. The number of ether oxygens (including phenoxy) is 1. The lowest BCUT2D eigenvalue weighted by Gasteiger charge is -2.07. The first-order valence-electron chi connectivity index (χ1n) is 8.09. The first-order valence-corrected chi connectivity index (χ1v) is 8.09. The number of aliphatic hydroxyl groups is 1. The second-order valence-corrected chi connectivity index (χ2v) is 5.55. The molecule has 0 aliphatic heterocycles. The first kappa shape index (κ1) is 19.1. The molecule has 0 fully saturated rings. The fraction of sp³-hybridized carbons (Fsp3) is 0.588. The summed E-state index contributed by atoms with van der Waals surface area (Å²) in [6.07, 6.45) is 8.20. The Balaban J connectivity index is 2.13. The minimum Gasteiger partial charge on any atom is -0.504 e. The fourth-order valence-electron chi connectivity index (χ4n) is 2.24. The molecule has 1 rings (SSSR count). The molecule has 6 heteroatoms. The smallest absolute Gasteiger partial charge is 0.338 e. The van der Waals surface area contributed by atoms with Gasteiger partial charge in [0.05, 0.1) is 12.2 Å². The van der Waals surface area contributed by atoms with E-state index in [1.807, 2.05) is 0 Å². The Hall–Kier alpha value is -1.95. The second-order valence-electron chi connectivity index (χ2n) is 5.55. The van der Waals surface area contributed by atoms with Crippen LogP contribution in [0.1, 0.15) is 61.7 Å². The van der Waals surface area contributed by atoms with E-state index in [0.717, 1.165) is 63.5 Å². The van der Waals surface area contributed by atoms with Crippen LogP contribution in [0.3, 0.4) is 0 Å². The molecule has 0 aromatic heterocycles. The normalized spacial score (nSPS) is 10.7. The third kappa shape index (κ3) is 7.23. The van der Waals surface area contributed by atoms with Gasteiger partial charge in [-0.15, -0.1) is 0 Å². The summed E-state index contributed by atoms with van der Waals surface area (Å²) in [6.45, 7) is 0.549. The standard InChI is InChI=1S/C17H26O6/c18-9-7-5-3-1-2-4-6-8-10-23-17(22)13-11-14(19)16(21)15(20)12-13/h11-12,18-21H,1-10H2. The van der Waals surface area contributed by atoms with Gasteiger partial charge in [-0.2, -0.15) is 0 Å². The molecule has 0 atom stereocenters. The Morgan fingerprint density at radius 1 is 0.826 bits per heavy atom. The van der Waals surface area contributed by atoms with E-state index < -0.39 is 23.2 Å². The number of hydrogen-bond acceptors (Lipinski definition) is 6. The van der Waals surface area contributed by atoms with Gasteiger partial charge < -0.3 is 25.2 Å². The average Bonchev–Trinajstić information content (AvgIpc) is 2.53. The van der Waals surface area contributed by atoms with Crippen molar-refractivity contribution < 1.29 is 30.0 Å². The summed E-state index contributed by atoms with van der Waals surface area (Å²) in [4.78, 5) is 11.7. The summed E-state index contributed by atoms with van der Waals surface area (Å²) in [5, 5.41) is 36.6. The zero-order valence-electron chi connectivity index (χ0n) is 13.3. The Kier molecular flexibility index (Phi) is 8.90. The van der Waals surface area contributed by atoms with Crippen molar-refractivity contribution in [3.05, 3.63) is 17.7 Å². The highest BCUT2D eigenvalue weighted by Crippen LogP contribution is 2.35. The lowest BCUT2D eigenvalue weighted by Crippen LogP contribution is -2.06. The Morgan fingerprint density at radius 3 is 1.83 bits per heavy atom. The van der Waals surface area contributed by atoms with Crippen LogP contribution >= 0.6 is 0 Å². The quantitative estimate of drug-likeness (QED) is 0.283.